The number of hydrogen-bond donors (Lipinski definition) is 2. The first-order chi connectivity index (χ1) is 20.0. The van der Waals surface area contributed by atoms with Crippen molar-refractivity contribution in [1.82, 2.24) is 19.5 Å². The number of aromatic nitrogens is 4. The van der Waals surface area contributed by atoms with Gasteiger partial charge in [-0.25, -0.2) is 9.97 Å². The standard InChI is InChI=1S/C30H25Cl2N5O4/c31-27-28(32)37(17-34-27)15-22-13-26(19-7-5-18(16-38)6-8-19)41-30(40-22)20-9-11-21(12-10-20)35-29(39)25-14-33-23-3-1-2-4-24(23)36-25/h1-12,14,17,22,26,30,38H,13,15-16H2,(H,35,39)/t22-,26+,30+/m0/s1. The summed E-state index contributed by atoms with van der Waals surface area (Å²) in [4.78, 5) is 25.6. The molecule has 0 bridgehead atoms. The number of aliphatic hydroxyl groups excluding tert-OH is 1. The minimum absolute atomic E-state index is 0.0314. The van der Waals surface area contributed by atoms with Gasteiger partial charge in [-0.05, 0) is 35.4 Å². The van der Waals surface area contributed by atoms with Crippen LogP contribution in [-0.2, 0) is 22.6 Å². The van der Waals surface area contributed by atoms with E-state index in [-0.39, 0.29) is 35.6 Å². The fourth-order valence-corrected chi connectivity index (χ4v) is 5.02. The second kappa shape index (κ2) is 11.9. The van der Waals surface area contributed by atoms with Crippen molar-refractivity contribution < 1.29 is 19.4 Å². The summed E-state index contributed by atoms with van der Waals surface area (Å²) in [5, 5.41) is 12.9. The number of carbonyl (C=O) groups excluding carboxylic acids is 1. The summed E-state index contributed by atoms with van der Waals surface area (Å²) >= 11 is 12.4. The number of nitrogens with zero attached hydrogens (tertiary/aromatic N) is 4. The largest absolute Gasteiger partial charge is 0.392 e. The van der Waals surface area contributed by atoms with Gasteiger partial charge in [0, 0.05) is 17.7 Å². The van der Waals surface area contributed by atoms with Crippen LogP contribution >= 0.6 is 23.2 Å². The van der Waals surface area contributed by atoms with E-state index in [2.05, 4.69) is 20.3 Å². The summed E-state index contributed by atoms with van der Waals surface area (Å²) in [6, 6.07) is 22.3. The summed E-state index contributed by atoms with van der Waals surface area (Å²) in [5.41, 5.74) is 4.76. The van der Waals surface area contributed by atoms with Crippen LogP contribution in [0, 0.1) is 0 Å². The van der Waals surface area contributed by atoms with Crippen molar-refractivity contribution in [2.24, 2.45) is 0 Å². The molecule has 3 aromatic carbocycles. The van der Waals surface area contributed by atoms with Gasteiger partial charge in [0.15, 0.2) is 11.4 Å². The molecule has 1 aliphatic heterocycles. The van der Waals surface area contributed by atoms with Crippen LogP contribution < -0.4 is 5.32 Å². The number of carbonyl (C=O) groups is 1. The molecule has 3 atom stereocenters. The molecule has 9 nitrogen and oxygen atoms in total. The summed E-state index contributed by atoms with van der Waals surface area (Å²) in [7, 11) is 0. The first kappa shape index (κ1) is 27.3. The second-order valence-corrected chi connectivity index (χ2v) is 10.4. The highest BCUT2D eigenvalue weighted by Gasteiger charge is 2.33. The Morgan fingerprint density at radius 3 is 2.39 bits per heavy atom. The number of aliphatic hydroxyl groups is 1. The van der Waals surface area contributed by atoms with Gasteiger partial charge in [-0.1, -0.05) is 71.7 Å². The predicted molar refractivity (Wildman–Crippen MR) is 155 cm³/mol. The summed E-state index contributed by atoms with van der Waals surface area (Å²) in [6.07, 6.45) is 2.41. The maximum atomic E-state index is 12.8. The quantitative estimate of drug-likeness (QED) is 0.235. The van der Waals surface area contributed by atoms with Crippen LogP contribution in [0.4, 0.5) is 5.69 Å². The van der Waals surface area contributed by atoms with E-state index in [1.807, 2.05) is 60.7 Å². The van der Waals surface area contributed by atoms with Crippen LogP contribution in [0.1, 0.15) is 46.0 Å². The Balaban J connectivity index is 1.20. The number of nitrogens with one attached hydrogen (secondary N) is 1. The van der Waals surface area contributed by atoms with E-state index in [0.29, 0.717) is 29.3 Å². The van der Waals surface area contributed by atoms with Gasteiger partial charge >= 0.3 is 0 Å². The average Bonchev–Trinajstić information content (AvgIpc) is 3.33. The number of halogens is 2. The van der Waals surface area contributed by atoms with Gasteiger partial charge in [0.2, 0.25) is 0 Å². The summed E-state index contributed by atoms with van der Waals surface area (Å²) in [5.74, 6) is -0.358. The Kier molecular flexibility index (Phi) is 7.95. The number of amides is 1. The lowest BCUT2D eigenvalue weighted by Gasteiger charge is -2.36. The van der Waals surface area contributed by atoms with Crippen molar-refractivity contribution in [3.05, 3.63) is 118 Å². The van der Waals surface area contributed by atoms with Crippen molar-refractivity contribution in [1.29, 1.82) is 0 Å². The SMILES string of the molecule is O=C(Nc1ccc([C@@H]2O[C@H](Cn3cnc(Cl)c3Cl)C[C@H](c3ccc(CO)cc3)O2)cc1)c1cnc2ccccc2n1. The topological polar surface area (TPSA) is 111 Å². The molecule has 2 N–H and O–H groups in total. The molecule has 5 aromatic rings. The zero-order valence-electron chi connectivity index (χ0n) is 21.7. The maximum Gasteiger partial charge on any atom is 0.275 e. The van der Waals surface area contributed by atoms with E-state index in [4.69, 9.17) is 32.7 Å². The second-order valence-electron chi connectivity index (χ2n) is 9.65. The van der Waals surface area contributed by atoms with E-state index in [1.54, 1.807) is 23.0 Å². The molecule has 6 rings (SSSR count). The first-order valence-corrected chi connectivity index (χ1v) is 13.7. The highest BCUT2D eigenvalue weighted by molar-refractivity contribution is 6.40. The third-order valence-corrected chi connectivity index (χ3v) is 7.64. The monoisotopic (exact) mass is 589 g/mol. The molecule has 1 saturated heterocycles. The maximum absolute atomic E-state index is 12.8. The molecule has 0 saturated carbocycles. The normalized spacial score (nSPS) is 18.9. The fourth-order valence-electron chi connectivity index (χ4n) is 4.71. The molecule has 0 spiro atoms. The van der Waals surface area contributed by atoms with Crippen LogP contribution in [0.25, 0.3) is 11.0 Å². The molecule has 1 aliphatic rings. The smallest absolute Gasteiger partial charge is 0.275 e. The van der Waals surface area contributed by atoms with Crippen LogP contribution in [0.3, 0.4) is 0 Å². The summed E-state index contributed by atoms with van der Waals surface area (Å²) in [6.45, 7) is 0.404. The lowest BCUT2D eigenvalue weighted by molar-refractivity contribution is -0.252. The highest BCUT2D eigenvalue weighted by Crippen LogP contribution is 2.39. The number of fused-ring (bicyclic) bond motifs is 1. The van der Waals surface area contributed by atoms with Gasteiger partial charge in [-0.2, -0.15) is 0 Å². The molecule has 208 valence electrons. The minimum Gasteiger partial charge on any atom is -0.392 e. The van der Waals surface area contributed by atoms with Crippen LogP contribution in [-0.4, -0.2) is 36.6 Å². The number of imidazole rings is 1. The number of para-hydroxylation sites is 2. The van der Waals surface area contributed by atoms with Gasteiger partial charge in [-0.15, -0.1) is 0 Å². The van der Waals surface area contributed by atoms with Crippen molar-refractivity contribution >= 4 is 45.8 Å². The van der Waals surface area contributed by atoms with Crippen molar-refractivity contribution in [2.75, 3.05) is 5.32 Å². The number of ether oxygens (including phenoxy) is 2. The lowest BCUT2D eigenvalue weighted by Crippen LogP contribution is -2.32. The Labute approximate surface area is 245 Å². The van der Waals surface area contributed by atoms with Gasteiger partial charge < -0.3 is 24.5 Å². The van der Waals surface area contributed by atoms with E-state index >= 15 is 0 Å². The van der Waals surface area contributed by atoms with Gasteiger partial charge in [0.25, 0.3) is 5.91 Å². The van der Waals surface area contributed by atoms with Crippen molar-refractivity contribution in [3.8, 4) is 0 Å². The van der Waals surface area contributed by atoms with Crippen LogP contribution in [0.15, 0.2) is 85.3 Å². The molecule has 11 heteroatoms. The molecule has 1 fully saturated rings. The molecule has 3 heterocycles. The van der Waals surface area contributed by atoms with Crippen molar-refractivity contribution in [3.63, 3.8) is 0 Å². The third kappa shape index (κ3) is 6.09. The van der Waals surface area contributed by atoms with Gasteiger partial charge in [0.1, 0.15) is 10.8 Å². The molecule has 0 aliphatic carbocycles. The van der Waals surface area contributed by atoms with Gasteiger partial charge in [-0.3, -0.25) is 9.78 Å². The zero-order chi connectivity index (χ0) is 28.3. The third-order valence-electron chi connectivity index (χ3n) is 6.87. The zero-order valence-corrected chi connectivity index (χ0v) is 23.2. The lowest BCUT2D eigenvalue weighted by atomic mass is 10.00. The average molecular weight is 590 g/mol. The van der Waals surface area contributed by atoms with E-state index in [1.165, 1.54) is 6.20 Å². The van der Waals surface area contributed by atoms with E-state index in [0.717, 1.165) is 22.2 Å². The number of hydrogen-bond acceptors (Lipinski definition) is 7. The fraction of sp³-hybridized carbons (Fsp3) is 0.200. The summed E-state index contributed by atoms with van der Waals surface area (Å²) < 4.78 is 14.5. The Morgan fingerprint density at radius 1 is 0.951 bits per heavy atom. The minimum atomic E-state index is -0.676. The molecule has 1 amide bonds. The number of anilines is 1. The van der Waals surface area contributed by atoms with E-state index in [9.17, 15) is 9.90 Å². The number of rotatable bonds is 7. The first-order valence-electron chi connectivity index (χ1n) is 13.0. The van der Waals surface area contributed by atoms with Crippen LogP contribution in [0.2, 0.25) is 10.3 Å². The van der Waals surface area contributed by atoms with E-state index < -0.39 is 6.29 Å². The molecule has 0 unspecified atom stereocenters. The molecular weight excluding hydrogens is 565 g/mol. The van der Waals surface area contributed by atoms with Crippen molar-refractivity contribution in [2.45, 2.75) is 38.1 Å². The molecule has 0 radical (unpaired) electrons. The Morgan fingerprint density at radius 2 is 1.68 bits per heavy atom. The predicted octanol–water partition coefficient (Wildman–Crippen LogP) is 6.12. The molecule has 41 heavy (non-hydrogen) atoms. The Bertz CT molecular complexity index is 1680. The number of benzene rings is 3. The van der Waals surface area contributed by atoms with Gasteiger partial charge in [0.05, 0.1) is 48.9 Å². The molecular formula is C30H25Cl2N5O4. The van der Waals surface area contributed by atoms with Crippen LogP contribution in [0.5, 0.6) is 0 Å². The Hall–Kier alpha value is -3.86. The highest BCUT2D eigenvalue weighted by atomic mass is 35.5. The molecule has 2 aromatic heterocycles.